The van der Waals surface area contributed by atoms with Gasteiger partial charge in [-0.05, 0) is 75.1 Å². The van der Waals surface area contributed by atoms with Gasteiger partial charge in [0.15, 0.2) is 0 Å². The number of nitrogens with one attached hydrogen (secondary N) is 1. The first-order valence-electron chi connectivity index (χ1n) is 13.9. The second kappa shape index (κ2) is 10.0. The topological polar surface area (TPSA) is 52.7 Å². The zero-order chi connectivity index (χ0) is 23.7. The fourth-order valence-corrected chi connectivity index (χ4v) is 7.62. The molecule has 1 aromatic carbocycles. The number of piperidine rings is 2. The smallest absolute Gasteiger partial charge is 0.254 e. The number of benzene rings is 1. The molecular formula is C29H43N3O2. The van der Waals surface area contributed by atoms with Gasteiger partial charge in [-0.1, -0.05) is 57.7 Å². The summed E-state index contributed by atoms with van der Waals surface area (Å²) in [5.74, 6) is 0.916. The van der Waals surface area contributed by atoms with Gasteiger partial charge in [-0.2, -0.15) is 0 Å². The highest BCUT2D eigenvalue weighted by Crippen LogP contribution is 2.49. The van der Waals surface area contributed by atoms with Crippen molar-refractivity contribution >= 4 is 11.8 Å². The molecule has 3 atom stereocenters. The summed E-state index contributed by atoms with van der Waals surface area (Å²) in [6.45, 7) is 8.29. The molecule has 4 aliphatic rings. The van der Waals surface area contributed by atoms with Crippen molar-refractivity contribution in [1.82, 2.24) is 15.1 Å². The Morgan fingerprint density at radius 2 is 1.79 bits per heavy atom. The molecule has 1 spiro atoms. The predicted molar refractivity (Wildman–Crippen MR) is 136 cm³/mol. The van der Waals surface area contributed by atoms with Gasteiger partial charge in [0.1, 0.15) is 0 Å². The van der Waals surface area contributed by atoms with Gasteiger partial charge in [0.2, 0.25) is 5.91 Å². The number of fused-ring (bicyclic) bond motifs is 2. The van der Waals surface area contributed by atoms with Crippen molar-refractivity contribution < 1.29 is 9.59 Å². The average Bonchev–Trinajstić information content (AvgIpc) is 2.86. The summed E-state index contributed by atoms with van der Waals surface area (Å²) in [7, 11) is 0. The van der Waals surface area contributed by atoms with E-state index in [4.69, 9.17) is 0 Å². The standard InChI is InChI=1S/C29H43N3O2/c1-21(2)20-32-28(34)24-13-5-4-12-23(24)26(29(32)15-7-3-8-16-29)27(33)30-19-22-11-10-18-31-17-9-6-14-25(22)31/h4-5,12-13,21-22,25-26H,3,6-11,14-20H2,1-2H3,(H,30,33)/t22-,25+,26+/m0/s1. The number of hydrogen-bond donors (Lipinski definition) is 1. The fraction of sp³-hybridized carbons (Fsp3) is 0.724. The monoisotopic (exact) mass is 465 g/mol. The van der Waals surface area contributed by atoms with Gasteiger partial charge in [-0.15, -0.1) is 0 Å². The fourth-order valence-electron chi connectivity index (χ4n) is 7.62. The van der Waals surface area contributed by atoms with Gasteiger partial charge in [-0.25, -0.2) is 0 Å². The zero-order valence-corrected chi connectivity index (χ0v) is 21.2. The summed E-state index contributed by atoms with van der Waals surface area (Å²) in [4.78, 5) is 32.6. The van der Waals surface area contributed by atoms with Gasteiger partial charge in [0, 0.05) is 24.7 Å². The molecule has 0 radical (unpaired) electrons. The van der Waals surface area contributed by atoms with Crippen molar-refractivity contribution in [3.05, 3.63) is 35.4 Å². The average molecular weight is 466 g/mol. The van der Waals surface area contributed by atoms with Crippen LogP contribution in [0.2, 0.25) is 0 Å². The van der Waals surface area contributed by atoms with Crippen LogP contribution in [-0.2, 0) is 4.79 Å². The molecule has 2 saturated heterocycles. The Hall–Kier alpha value is -1.88. The van der Waals surface area contributed by atoms with E-state index in [9.17, 15) is 9.59 Å². The van der Waals surface area contributed by atoms with Crippen molar-refractivity contribution in [2.75, 3.05) is 26.2 Å². The molecule has 5 nitrogen and oxygen atoms in total. The second-order valence-corrected chi connectivity index (χ2v) is 11.7. The van der Waals surface area contributed by atoms with Crippen molar-refractivity contribution in [2.45, 2.75) is 95.6 Å². The largest absolute Gasteiger partial charge is 0.355 e. The molecule has 1 N–H and O–H groups in total. The summed E-state index contributed by atoms with van der Waals surface area (Å²) in [6.07, 6.45) is 11.6. The Labute approximate surface area is 205 Å². The second-order valence-electron chi connectivity index (χ2n) is 11.7. The first kappa shape index (κ1) is 23.8. The maximum Gasteiger partial charge on any atom is 0.254 e. The third kappa shape index (κ3) is 4.29. The quantitative estimate of drug-likeness (QED) is 0.668. The van der Waals surface area contributed by atoms with Crippen LogP contribution in [0.4, 0.5) is 0 Å². The summed E-state index contributed by atoms with van der Waals surface area (Å²) in [5, 5.41) is 3.45. The minimum Gasteiger partial charge on any atom is -0.355 e. The SMILES string of the molecule is CC(C)CN1C(=O)c2ccccc2[C@H](C(=O)NC[C@@H]2CCCN3CCCC[C@H]23)C12CCCCC2. The Morgan fingerprint density at radius 1 is 1.03 bits per heavy atom. The van der Waals surface area contributed by atoms with E-state index < -0.39 is 0 Å². The Balaban J connectivity index is 1.44. The Bertz CT molecular complexity index is 889. The molecule has 1 aliphatic carbocycles. The number of carbonyl (C=O) groups excluding carboxylic acids is 2. The highest BCUT2D eigenvalue weighted by molar-refractivity contribution is 6.02. The highest BCUT2D eigenvalue weighted by atomic mass is 16.2. The van der Waals surface area contributed by atoms with Crippen molar-refractivity contribution in [1.29, 1.82) is 0 Å². The Morgan fingerprint density at radius 3 is 2.59 bits per heavy atom. The third-order valence-electron chi connectivity index (χ3n) is 9.12. The summed E-state index contributed by atoms with van der Waals surface area (Å²) in [5.41, 5.74) is 1.30. The summed E-state index contributed by atoms with van der Waals surface area (Å²) < 4.78 is 0. The maximum atomic E-state index is 14.1. The minimum absolute atomic E-state index is 0.125. The molecule has 5 heteroatoms. The van der Waals surface area contributed by atoms with Crippen LogP contribution in [0.1, 0.15) is 99.9 Å². The summed E-state index contributed by atoms with van der Waals surface area (Å²) in [6, 6.07) is 8.55. The molecule has 3 heterocycles. The molecule has 3 fully saturated rings. The normalized spacial score (nSPS) is 29.1. The van der Waals surface area contributed by atoms with E-state index in [-0.39, 0.29) is 23.3 Å². The van der Waals surface area contributed by atoms with Crippen LogP contribution < -0.4 is 5.32 Å². The van der Waals surface area contributed by atoms with Crippen molar-refractivity contribution in [3.8, 4) is 0 Å². The van der Waals surface area contributed by atoms with E-state index in [1.54, 1.807) is 0 Å². The predicted octanol–water partition coefficient (Wildman–Crippen LogP) is 4.97. The number of hydrogen-bond acceptors (Lipinski definition) is 3. The molecule has 186 valence electrons. The number of carbonyl (C=O) groups is 2. The first-order valence-corrected chi connectivity index (χ1v) is 13.9. The van der Waals surface area contributed by atoms with E-state index in [0.29, 0.717) is 17.9 Å². The van der Waals surface area contributed by atoms with Crippen molar-refractivity contribution in [2.24, 2.45) is 11.8 Å². The summed E-state index contributed by atoms with van der Waals surface area (Å²) >= 11 is 0. The van der Waals surface area contributed by atoms with Gasteiger partial charge >= 0.3 is 0 Å². The lowest BCUT2D eigenvalue weighted by Crippen LogP contribution is -2.63. The molecule has 0 bridgehead atoms. The molecule has 5 rings (SSSR count). The van der Waals surface area contributed by atoms with Crippen LogP contribution in [-0.4, -0.2) is 59.4 Å². The van der Waals surface area contributed by atoms with Gasteiger partial charge < -0.3 is 15.1 Å². The molecular weight excluding hydrogens is 422 g/mol. The van der Waals surface area contributed by atoms with E-state index >= 15 is 0 Å². The number of amides is 2. The van der Waals surface area contributed by atoms with Crippen LogP contribution in [0.3, 0.4) is 0 Å². The minimum atomic E-state index is -0.387. The lowest BCUT2D eigenvalue weighted by molar-refractivity contribution is -0.128. The van der Waals surface area contributed by atoms with Crippen LogP contribution in [0.15, 0.2) is 24.3 Å². The Kier molecular flexibility index (Phi) is 7.02. The third-order valence-corrected chi connectivity index (χ3v) is 9.12. The first-order chi connectivity index (χ1) is 16.5. The van der Waals surface area contributed by atoms with E-state index in [1.165, 1.54) is 51.6 Å². The molecule has 1 saturated carbocycles. The van der Waals surface area contributed by atoms with Crippen molar-refractivity contribution in [3.63, 3.8) is 0 Å². The molecule has 1 aromatic rings. The molecule has 3 aliphatic heterocycles. The highest BCUT2D eigenvalue weighted by Gasteiger charge is 2.54. The number of rotatable bonds is 5. The van der Waals surface area contributed by atoms with E-state index in [2.05, 4.69) is 29.0 Å². The van der Waals surface area contributed by atoms with Crippen LogP contribution in [0.5, 0.6) is 0 Å². The maximum absolute atomic E-state index is 14.1. The zero-order valence-electron chi connectivity index (χ0n) is 21.2. The van der Waals surface area contributed by atoms with E-state index in [0.717, 1.165) is 49.9 Å². The molecule has 0 aromatic heterocycles. The number of nitrogens with zero attached hydrogens (tertiary/aromatic N) is 2. The van der Waals surface area contributed by atoms with Crippen LogP contribution >= 0.6 is 0 Å². The molecule has 0 unspecified atom stereocenters. The van der Waals surface area contributed by atoms with Crippen LogP contribution in [0.25, 0.3) is 0 Å². The molecule has 2 amide bonds. The lowest BCUT2D eigenvalue weighted by Gasteiger charge is -2.54. The molecule has 34 heavy (non-hydrogen) atoms. The van der Waals surface area contributed by atoms with Crippen LogP contribution in [0, 0.1) is 11.8 Å². The van der Waals surface area contributed by atoms with Gasteiger partial charge in [0.05, 0.1) is 11.5 Å². The van der Waals surface area contributed by atoms with Gasteiger partial charge in [0.25, 0.3) is 5.91 Å². The van der Waals surface area contributed by atoms with E-state index in [1.807, 2.05) is 24.3 Å². The van der Waals surface area contributed by atoms with Gasteiger partial charge in [-0.3, -0.25) is 9.59 Å². The lowest BCUT2D eigenvalue weighted by atomic mass is 9.65.